The number of fused-ring (bicyclic) bond motifs is 2. The van der Waals surface area contributed by atoms with Crippen LogP contribution in [0.2, 0.25) is 0 Å². The number of pyridine rings is 2. The number of hydrogen-bond donors (Lipinski definition) is 0. The van der Waals surface area contributed by atoms with E-state index in [9.17, 15) is 8.78 Å². The lowest BCUT2D eigenvalue weighted by atomic mass is 9.87. The van der Waals surface area contributed by atoms with Gasteiger partial charge in [-0.1, -0.05) is 0 Å². The number of hydrogen-bond acceptors (Lipinski definition) is 4. The van der Waals surface area contributed by atoms with Gasteiger partial charge in [0.05, 0.1) is 11.9 Å². The summed E-state index contributed by atoms with van der Waals surface area (Å²) in [5.74, 6) is -0.533. The highest BCUT2D eigenvalue weighted by molar-refractivity contribution is 5.14. The summed E-state index contributed by atoms with van der Waals surface area (Å²) in [4.78, 5) is 12.7. The van der Waals surface area contributed by atoms with E-state index in [4.69, 9.17) is 0 Å². The van der Waals surface area contributed by atoms with Gasteiger partial charge in [0.25, 0.3) is 0 Å². The van der Waals surface area contributed by atoms with Gasteiger partial charge in [-0.25, -0.2) is 8.78 Å². The Labute approximate surface area is 133 Å². The fourth-order valence-corrected chi connectivity index (χ4v) is 3.66. The Hall–Kier alpha value is -1.92. The van der Waals surface area contributed by atoms with Gasteiger partial charge in [-0.2, -0.15) is 0 Å². The molecule has 0 amide bonds. The Balaban J connectivity index is 1.38. The molecule has 0 radical (unpaired) electrons. The second-order valence-electron chi connectivity index (χ2n) is 6.35. The zero-order chi connectivity index (χ0) is 15.8. The first kappa shape index (κ1) is 14.7. The Kier molecular flexibility index (Phi) is 3.79. The summed E-state index contributed by atoms with van der Waals surface area (Å²) in [6.07, 6.45) is 5.73. The second kappa shape index (κ2) is 5.94. The van der Waals surface area contributed by atoms with E-state index in [1.165, 1.54) is 12.3 Å². The van der Waals surface area contributed by atoms with Gasteiger partial charge in [0, 0.05) is 50.7 Å². The van der Waals surface area contributed by atoms with Crippen LogP contribution in [0.3, 0.4) is 0 Å². The van der Waals surface area contributed by atoms with Crippen molar-refractivity contribution in [2.75, 3.05) is 13.1 Å². The topological polar surface area (TPSA) is 32.3 Å². The van der Waals surface area contributed by atoms with Crippen molar-refractivity contribution < 1.29 is 8.78 Å². The highest BCUT2D eigenvalue weighted by Crippen LogP contribution is 2.34. The fourth-order valence-electron chi connectivity index (χ4n) is 3.66. The van der Waals surface area contributed by atoms with Gasteiger partial charge in [-0.15, -0.1) is 0 Å². The van der Waals surface area contributed by atoms with Crippen LogP contribution >= 0.6 is 0 Å². The van der Waals surface area contributed by atoms with E-state index in [0.29, 0.717) is 24.3 Å². The van der Waals surface area contributed by atoms with Crippen LogP contribution in [0.15, 0.2) is 36.8 Å². The first-order valence-electron chi connectivity index (χ1n) is 7.86. The number of halogens is 2. The minimum atomic E-state index is -0.291. The van der Waals surface area contributed by atoms with Gasteiger partial charge in [0.2, 0.25) is 0 Å². The summed E-state index contributed by atoms with van der Waals surface area (Å²) >= 11 is 0. The molecule has 120 valence electrons. The molecule has 0 aliphatic carbocycles. The zero-order valence-corrected chi connectivity index (χ0v) is 12.7. The molecular formula is C17H18F2N4. The molecule has 3 aliphatic rings. The summed E-state index contributed by atoms with van der Waals surface area (Å²) in [5.41, 5.74) is 1.42. The predicted octanol–water partition coefficient (Wildman–Crippen LogP) is 2.21. The highest BCUT2D eigenvalue weighted by Gasteiger charge is 2.44. The molecule has 3 fully saturated rings. The minimum Gasteiger partial charge on any atom is -0.294 e. The lowest BCUT2D eigenvalue weighted by Crippen LogP contribution is -2.67. The molecule has 4 nitrogen and oxygen atoms in total. The minimum absolute atomic E-state index is 0.241. The summed E-state index contributed by atoms with van der Waals surface area (Å²) in [6.45, 7) is 3.07. The molecule has 2 atom stereocenters. The third-order valence-corrected chi connectivity index (χ3v) is 4.75. The van der Waals surface area contributed by atoms with E-state index < -0.39 is 0 Å². The Morgan fingerprint density at radius 1 is 1.13 bits per heavy atom. The predicted molar refractivity (Wildman–Crippen MR) is 81.4 cm³/mol. The second-order valence-corrected chi connectivity index (χ2v) is 6.35. The lowest BCUT2D eigenvalue weighted by Gasteiger charge is -2.56. The fraction of sp³-hybridized carbons (Fsp3) is 0.412. The first-order chi connectivity index (χ1) is 11.2. The van der Waals surface area contributed by atoms with E-state index >= 15 is 0 Å². The molecule has 0 spiro atoms. The SMILES string of the molecule is Fc1cncc(CN2C3CC2CN(Cc2ncccc2F)C3)c1. The number of rotatable bonds is 4. The first-order valence-corrected chi connectivity index (χ1v) is 7.86. The molecule has 0 aromatic carbocycles. The molecule has 2 aromatic rings. The Morgan fingerprint density at radius 3 is 2.70 bits per heavy atom. The van der Waals surface area contributed by atoms with Crippen LogP contribution in [0, 0.1) is 11.6 Å². The Morgan fingerprint density at radius 2 is 1.96 bits per heavy atom. The molecule has 3 aliphatic heterocycles. The standard InChI is InChI=1S/C17H18F2N4/c18-13-4-12(6-20-7-13)8-23-14-5-15(23)10-22(9-14)11-17-16(19)2-1-3-21-17/h1-4,6-7,14-15H,5,8-11H2. The van der Waals surface area contributed by atoms with E-state index in [1.54, 1.807) is 24.5 Å². The van der Waals surface area contributed by atoms with Crippen molar-refractivity contribution >= 4 is 0 Å². The Bertz CT molecular complexity index is 696. The maximum absolute atomic E-state index is 13.7. The molecule has 3 saturated heterocycles. The van der Waals surface area contributed by atoms with E-state index in [0.717, 1.165) is 31.6 Å². The van der Waals surface area contributed by atoms with E-state index in [1.807, 2.05) is 0 Å². The van der Waals surface area contributed by atoms with Crippen LogP contribution in [0.5, 0.6) is 0 Å². The quantitative estimate of drug-likeness (QED) is 0.866. The molecule has 0 N–H and O–H groups in total. The third kappa shape index (κ3) is 2.96. The van der Waals surface area contributed by atoms with Gasteiger partial charge in [-0.05, 0) is 30.2 Å². The van der Waals surface area contributed by atoms with E-state index in [-0.39, 0.29) is 11.6 Å². The van der Waals surface area contributed by atoms with Gasteiger partial charge >= 0.3 is 0 Å². The van der Waals surface area contributed by atoms with Crippen molar-refractivity contribution in [3.8, 4) is 0 Å². The van der Waals surface area contributed by atoms with Crippen LogP contribution < -0.4 is 0 Å². The normalized spacial score (nSPS) is 24.4. The van der Waals surface area contributed by atoms with Gasteiger partial charge < -0.3 is 0 Å². The molecule has 5 heterocycles. The summed E-state index contributed by atoms with van der Waals surface area (Å²) in [6, 6.07) is 5.51. The van der Waals surface area contributed by atoms with Crippen LogP contribution in [0.25, 0.3) is 0 Å². The maximum atomic E-state index is 13.7. The van der Waals surface area contributed by atoms with Crippen molar-refractivity contribution in [2.24, 2.45) is 0 Å². The van der Waals surface area contributed by atoms with E-state index in [2.05, 4.69) is 19.8 Å². The lowest BCUT2D eigenvalue weighted by molar-refractivity contribution is -0.0780. The molecule has 0 saturated carbocycles. The van der Waals surface area contributed by atoms with Gasteiger partial charge in [0.1, 0.15) is 11.6 Å². The smallest absolute Gasteiger partial charge is 0.146 e. The average molecular weight is 316 g/mol. The van der Waals surface area contributed by atoms with Gasteiger partial charge in [-0.3, -0.25) is 19.8 Å². The van der Waals surface area contributed by atoms with Crippen molar-refractivity contribution in [3.63, 3.8) is 0 Å². The number of nitrogens with zero attached hydrogens (tertiary/aromatic N) is 4. The monoisotopic (exact) mass is 316 g/mol. The van der Waals surface area contributed by atoms with Crippen LogP contribution in [0.1, 0.15) is 17.7 Å². The molecule has 5 rings (SSSR count). The van der Waals surface area contributed by atoms with Crippen LogP contribution in [-0.4, -0.2) is 44.9 Å². The van der Waals surface area contributed by atoms with Gasteiger partial charge in [0.15, 0.2) is 0 Å². The third-order valence-electron chi connectivity index (χ3n) is 4.75. The van der Waals surface area contributed by atoms with Crippen molar-refractivity contribution in [1.82, 2.24) is 19.8 Å². The summed E-state index contributed by atoms with van der Waals surface area (Å²) in [7, 11) is 0. The highest BCUT2D eigenvalue weighted by atomic mass is 19.1. The maximum Gasteiger partial charge on any atom is 0.146 e. The molecule has 6 heteroatoms. The van der Waals surface area contributed by atoms with Crippen molar-refractivity contribution in [2.45, 2.75) is 31.6 Å². The summed E-state index contributed by atoms with van der Waals surface area (Å²) in [5, 5.41) is 0. The van der Waals surface area contributed by atoms with Crippen LogP contribution in [0.4, 0.5) is 8.78 Å². The van der Waals surface area contributed by atoms with Crippen molar-refractivity contribution in [3.05, 3.63) is 59.7 Å². The number of aromatic nitrogens is 2. The molecule has 2 unspecified atom stereocenters. The average Bonchev–Trinajstić information content (AvgIpc) is 2.55. The zero-order valence-electron chi connectivity index (χ0n) is 12.7. The van der Waals surface area contributed by atoms with Crippen molar-refractivity contribution in [1.29, 1.82) is 0 Å². The molecule has 2 aromatic heterocycles. The summed E-state index contributed by atoms with van der Waals surface area (Å²) < 4.78 is 27.0. The molecular weight excluding hydrogens is 298 g/mol. The van der Waals surface area contributed by atoms with Crippen LogP contribution in [-0.2, 0) is 13.1 Å². The molecule has 2 bridgehead atoms. The molecule has 23 heavy (non-hydrogen) atoms. The largest absolute Gasteiger partial charge is 0.294 e. The number of piperidine rings is 1. The number of piperazine rings is 1.